The van der Waals surface area contributed by atoms with Crippen molar-refractivity contribution in [3.63, 3.8) is 0 Å². The monoisotopic (exact) mass is 435 g/mol. The van der Waals surface area contributed by atoms with Crippen LogP contribution in [0, 0.1) is 0 Å². The highest BCUT2D eigenvalue weighted by molar-refractivity contribution is 6.46. The summed E-state index contributed by atoms with van der Waals surface area (Å²) in [6.45, 7) is 1.56. The number of ketones is 1. The van der Waals surface area contributed by atoms with Crippen LogP contribution in [0.15, 0.2) is 48.0 Å². The van der Waals surface area contributed by atoms with Crippen LogP contribution in [0.5, 0.6) is 11.5 Å². The summed E-state index contributed by atoms with van der Waals surface area (Å²) in [5.74, 6) is -0.708. The number of phenolic OH excluding ortho intramolecular Hbond substituents is 1. The Kier molecular flexibility index (Phi) is 5.35. The number of hydrogen-bond donors (Lipinski definition) is 2. The van der Waals surface area contributed by atoms with Crippen LogP contribution in [0.1, 0.15) is 42.0 Å². The molecule has 1 amide bonds. The lowest BCUT2D eigenvalue weighted by atomic mass is 9.94. The third-order valence-electron chi connectivity index (χ3n) is 6.36. The van der Waals surface area contributed by atoms with Gasteiger partial charge in [0.1, 0.15) is 17.3 Å². The molecule has 0 aliphatic carbocycles. The van der Waals surface area contributed by atoms with Gasteiger partial charge in [-0.15, -0.1) is 0 Å². The Morgan fingerprint density at radius 3 is 2.62 bits per heavy atom. The Balaban J connectivity index is 1.60. The molecule has 7 heteroatoms. The topological polar surface area (TPSA) is 96.3 Å². The minimum Gasteiger partial charge on any atom is -0.508 e. The molecular formula is C25H25NO6. The van der Waals surface area contributed by atoms with E-state index in [0.717, 1.165) is 37.0 Å². The van der Waals surface area contributed by atoms with Crippen LogP contribution in [0.2, 0.25) is 0 Å². The number of aliphatic hydroxyl groups excluding tert-OH is 1. The molecule has 0 aromatic heterocycles. The van der Waals surface area contributed by atoms with Gasteiger partial charge in [0.2, 0.25) is 0 Å². The molecular weight excluding hydrogens is 410 g/mol. The zero-order chi connectivity index (χ0) is 22.2. The molecule has 3 aliphatic heterocycles. The third-order valence-corrected chi connectivity index (χ3v) is 6.36. The number of carbonyl (C=O) groups excluding carboxylic acids is 2. The number of ether oxygens (including phenoxy) is 2. The van der Waals surface area contributed by atoms with Crippen LogP contribution in [0.25, 0.3) is 5.76 Å². The molecule has 2 aromatic carbocycles. The lowest BCUT2D eigenvalue weighted by Gasteiger charge is -2.27. The minimum absolute atomic E-state index is 0.0513. The van der Waals surface area contributed by atoms with Gasteiger partial charge in [-0.1, -0.05) is 12.1 Å². The quantitative estimate of drug-likeness (QED) is 0.435. The van der Waals surface area contributed by atoms with Crippen LogP contribution in [0.3, 0.4) is 0 Å². The first kappa shape index (κ1) is 20.6. The van der Waals surface area contributed by atoms with E-state index < -0.39 is 17.7 Å². The van der Waals surface area contributed by atoms with E-state index in [0.29, 0.717) is 24.3 Å². The highest BCUT2D eigenvalue weighted by Gasteiger charge is 2.47. The molecule has 2 aromatic rings. The van der Waals surface area contributed by atoms with Gasteiger partial charge in [0.25, 0.3) is 11.7 Å². The van der Waals surface area contributed by atoms with Crippen LogP contribution >= 0.6 is 0 Å². The summed E-state index contributed by atoms with van der Waals surface area (Å²) in [5.41, 5.74) is 2.14. The first-order valence-electron chi connectivity index (χ1n) is 11.0. The fraction of sp³-hybridized carbons (Fsp3) is 0.360. The number of phenols is 1. The zero-order valence-corrected chi connectivity index (χ0v) is 17.6. The van der Waals surface area contributed by atoms with Gasteiger partial charge in [0.05, 0.1) is 24.3 Å². The molecule has 7 nitrogen and oxygen atoms in total. The first-order chi connectivity index (χ1) is 15.5. The number of fused-ring (bicyclic) bond motifs is 1. The molecule has 0 saturated carbocycles. The summed E-state index contributed by atoms with van der Waals surface area (Å²) in [6.07, 6.45) is 3.29. The van der Waals surface area contributed by atoms with Crippen molar-refractivity contribution in [2.75, 3.05) is 19.8 Å². The van der Waals surface area contributed by atoms with Crippen molar-refractivity contribution < 1.29 is 29.3 Å². The highest BCUT2D eigenvalue weighted by Crippen LogP contribution is 2.41. The lowest BCUT2D eigenvalue weighted by Crippen LogP contribution is -2.36. The number of rotatable bonds is 4. The molecule has 2 N–H and O–H groups in total. The minimum atomic E-state index is -0.757. The molecule has 3 heterocycles. The van der Waals surface area contributed by atoms with Crippen LogP contribution < -0.4 is 4.74 Å². The Hall–Kier alpha value is -3.32. The Morgan fingerprint density at radius 1 is 1.06 bits per heavy atom. The number of aliphatic hydroxyl groups is 1. The van der Waals surface area contributed by atoms with Gasteiger partial charge < -0.3 is 24.6 Å². The fourth-order valence-electron chi connectivity index (χ4n) is 4.74. The number of hydrogen-bond acceptors (Lipinski definition) is 6. The van der Waals surface area contributed by atoms with Crippen molar-refractivity contribution in [3.05, 3.63) is 64.7 Å². The summed E-state index contributed by atoms with van der Waals surface area (Å²) in [5, 5.41) is 21.0. The molecule has 32 heavy (non-hydrogen) atoms. The van der Waals surface area contributed by atoms with Crippen molar-refractivity contribution in [1.29, 1.82) is 0 Å². The zero-order valence-electron chi connectivity index (χ0n) is 17.6. The van der Waals surface area contributed by atoms with E-state index in [1.54, 1.807) is 24.3 Å². The van der Waals surface area contributed by atoms with E-state index >= 15 is 0 Å². The number of likely N-dealkylation sites (tertiary alicyclic amines) is 1. The summed E-state index contributed by atoms with van der Waals surface area (Å²) < 4.78 is 11.4. The number of nitrogens with zero attached hydrogens (tertiary/aromatic N) is 1. The molecule has 3 aliphatic rings. The number of amides is 1. The first-order valence-corrected chi connectivity index (χ1v) is 11.0. The molecule has 166 valence electrons. The van der Waals surface area contributed by atoms with Crippen molar-refractivity contribution in [1.82, 2.24) is 4.90 Å². The fourth-order valence-corrected chi connectivity index (χ4v) is 4.74. The summed E-state index contributed by atoms with van der Waals surface area (Å²) >= 11 is 0. The maximum absolute atomic E-state index is 13.1. The maximum Gasteiger partial charge on any atom is 0.295 e. The van der Waals surface area contributed by atoms with Crippen molar-refractivity contribution in [2.24, 2.45) is 0 Å². The molecule has 5 rings (SSSR count). The number of aromatic hydroxyl groups is 1. The van der Waals surface area contributed by atoms with E-state index in [1.165, 1.54) is 17.0 Å². The van der Waals surface area contributed by atoms with E-state index in [1.807, 2.05) is 6.07 Å². The van der Waals surface area contributed by atoms with Gasteiger partial charge in [-0.25, -0.2) is 0 Å². The Bertz CT molecular complexity index is 1080. The standard InChI is InChI=1S/C25H25NO6/c27-18-8-5-15(6-9-18)22-21(24(29)25(30)26(22)14-19-4-2-11-31-19)23(28)17-7-10-20-16(13-17)3-1-12-32-20/h5-10,13,19,22,27-28H,1-4,11-12,14H2/b23-21-. The number of carbonyl (C=O) groups is 2. The van der Waals surface area contributed by atoms with Gasteiger partial charge in [-0.3, -0.25) is 9.59 Å². The predicted molar refractivity (Wildman–Crippen MR) is 116 cm³/mol. The second-order valence-corrected chi connectivity index (χ2v) is 8.45. The molecule has 0 radical (unpaired) electrons. The average molecular weight is 435 g/mol. The van der Waals surface area contributed by atoms with Gasteiger partial charge in [-0.2, -0.15) is 0 Å². The molecule has 2 unspecified atom stereocenters. The molecule has 2 saturated heterocycles. The second kappa shape index (κ2) is 8.31. The summed E-state index contributed by atoms with van der Waals surface area (Å²) in [4.78, 5) is 27.6. The summed E-state index contributed by atoms with van der Waals surface area (Å²) in [6, 6.07) is 10.9. The van der Waals surface area contributed by atoms with Crippen molar-refractivity contribution in [3.8, 4) is 11.5 Å². The summed E-state index contributed by atoms with van der Waals surface area (Å²) in [7, 11) is 0. The van der Waals surface area contributed by atoms with Gasteiger partial charge in [0.15, 0.2) is 0 Å². The normalized spacial score (nSPS) is 24.4. The third kappa shape index (κ3) is 3.62. The van der Waals surface area contributed by atoms with E-state index in [-0.39, 0.29) is 29.7 Å². The predicted octanol–water partition coefficient (Wildman–Crippen LogP) is 3.32. The maximum atomic E-state index is 13.1. The van der Waals surface area contributed by atoms with Gasteiger partial charge in [-0.05, 0) is 67.1 Å². The molecule has 2 fully saturated rings. The highest BCUT2D eigenvalue weighted by atomic mass is 16.5. The van der Waals surface area contributed by atoms with Crippen molar-refractivity contribution in [2.45, 2.75) is 37.8 Å². The second-order valence-electron chi connectivity index (χ2n) is 8.45. The molecule has 0 bridgehead atoms. The van der Waals surface area contributed by atoms with Crippen LogP contribution in [-0.4, -0.2) is 52.7 Å². The molecule has 2 atom stereocenters. The average Bonchev–Trinajstić information content (AvgIpc) is 3.41. The van der Waals surface area contributed by atoms with Crippen molar-refractivity contribution >= 4 is 17.4 Å². The van der Waals surface area contributed by atoms with Crippen LogP contribution in [0.4, 0.5) is 0 Å². The number of aryl methyl sites for hydroxylation is 1. The Morgan fingerprint density at radius 2 is 1.88 bits per heavy atom. The van der Waals surface area contributed by atoms with Gasteiger partial charge >= 0.3 is 0 Å². The van der Waals surface area contributed by atoms with Gasteiger partial charge in [0, 0.05) is 18.7 Å². The number of benzene rings is 2. The Labute approximate surface area is 185 Å². The smallest absolute Gasteiger partial charge is 0.295 e. The van der Waals surface area contributed by atoms with E-state index in [9.17, 15) is 19.8 Å². The SMILES string of the molecule is O=C1C(=O)N(CC2CCCO2)C(c2ccc(O)cc2)/C1=C(/O)c1ccc2c(c1)CCCO2. The van der Waals surface area contributed by atoms with E-state index in [4.69, 9.17) is 9.47 Å². The number of Topliss-reactive ketones (excluding diaryl/α,β-unsaturated/α-hetero) is 1. The van der Waals surface area contributed by atoms with E-state index in [2.05, 4.69) is 0 Å². The molecule has 0 spiro atoms. The van der Waals surface area contributed by atoms with Crippen LogP contribution in [-0.2, 0) is 20.7 Å². The largest absolute Gasteiger partial charge is 0.508 e. The lowest BCUT2D eigenvalue weighted by molar-refractivity contribution is -0.140.